The van der Waals surface area contributed by atoms with Crippen molar-refractivity contribution in [3.05, 3.63) is 66.5 Å². The Kier molecular flexibility index (Phi) is 3.31. The number of rotatable bonds is 3. The SMILES string of the molecule is Oc1ccc(-c2cnc3n2CC(=NCc2ccco2)C=C3)cc1. The number of allylic oxidation sites excluding steroid dienone is 1. The Morgan fingerprint density at radius 1 is 1.17 bits per heavy atom. The van der Waals surface area contributed by atoms with Gasteiger partial charge in [0.2, 0.25) is 0 Å². The van der Waals surface area contributed by atoms with Gasteiger partial charge in [0.05, 0.1) is 37.0 Å². The average molecular weight is 305 g/mol. The van der Waals surface area contributed by atoms with Crippen LogP contribution in [0.15, 0.2) is 64.3 Å². The molecule has 0 unspecified atom stereocenters. The van der Waals surface area contributed by atoms with E-state index in [0.29, 0.717) is 13.1 Å². The molecule has 23 heavy (non-hydrogen) atoms. The first-order valence-electron chi connectivity index (χ1n) is 7.38. The van der Waals surface area contributed by atoms with Crippen LogP contribution in [-0.2, 0) is 13.1 Å². The van der Waals surface area contributed by atoms with Crippen molar-refractivity contribution in [2.75, 3.05) is 0 Å². The minimum absolute atomic E-state index is 0.257. The van der Waals surface area contributed by atoms with Crippen molar-refractivity contribution >= 4 is 11.8 Å². The summed E-state index contributed by atoms with van der Waals surface area (Å²) < 4.78 is 7.43. The zero-order valence-corrected chi connectivity index (χ0v) is 12.4. The van der Waals surface area contributed by atoms with Gasteiger partial charge < -0.3 is 14.1 Å². The number of phenols is 1. The standard InChI is InChI=1S/C18H15N3O2/c22-15-6-3-13(4-7-15)17-11-20-18-8-5-14(12-21(17)18)19-10-16-2-1-9-23-16/h1-9,11,22H,10,12H2. The predicted octanol–water partition coefficient (Wildman–Crippen LogP) is 3.52. The first-order valence-corrected chi connectivity index (χ1v) is 7.38. The number of nitrogens with zero attached hydrogens (tertiary/aromatic N) is 3. The molecule has 0 fully saturated rings. The third-order valence-electron chi connectivity index (χ3n) is 3.81. The molecule has 1 N–H and O–H groups in total. The Hall–Kier alpha value is -3.08. The number of aliphatic imine (C=N–C) groups is 1. The highest BCUT2D eigenvalue weighted by atomic mass is 16.3. The van der Waals surface area contributed by atoms with Crippen LogP contribution >= 0.6 is 0 Å². The van der Waals surface area contributed by atoms with Crippen LogP contribution in [0.5, 0.6) is 5.75 Å². The Bertz CT molecular complexity index is 872. The van der Waals surface area contributed by atoms with Crippen molar-refractivity contribution in [2.24, 2.45) is 4.99 Å². The van der Waals surface area contributed by atoms with Gasteiger partial charge in [0.25, 0.3) is 0 Å². The number of phenolic OH excluding ortho intramolecular Hbond substituents is 1. The van der Waals surface area contributed by atoms with Gasteiger partial charge in [-0.25, -0.2) is 4.98 Å². The van der Waals surface area contributed by atoms with E-state index in [1.165, 1.54) is 0 Å². The quantitative estimate of drug-likeness (QED) is 0.805. The molecule has 3 heterocycles. The number of hydrogen-bond acceptors (Lipinski definition) is 4. The highest BCUT2D eigenvalue weighted by molar-refractivity contribution is 5.99. The third kappa shape index (κ3) is 2.68. The number of aromatic hydroxyl groups is 1. The number of hydrogen-bond donors (Lipinski definition) is 1. The van der Waals surface area contributed by atoms with Gasteiger partial charge in [0, 0.05) is 5.56 Å². The van der Waals surface area contributed by atoms with E-state index in [4.69, 9.17) is 4.42 Å². The molecular formula is C18H15N3O2. The van der Waals surface area contributed by atoms with E-state index in [1.807, 2.05) is 42.6 Å². The van der Waals surface area contributed by atoms with E-state index in [2.05, 4.69) is 14.5 Å². The van der Waals surface area contributed by atoms with Gasteiger partial charge in [-0.15, -0.1) is 0 Å². The number of aromatic nitrogens is 2. The van der Waals surface area contributed by atoms with Crippen LogP contribution in [0.25, 0.3) is 17.3 Å². The zero-order chi connectivity index (χ0) is 15.6. The molecule has 0 saturated carbocycles. The van der Waals surface area contributed by atoms with Crippen molar-refractivity contribution in [1.29, 1.82) is 0 Å². The summed E-state index contributed by atoms with van der Waals surface area (Å²) in [5, 5.41) is 9.43. The van der Waals surface area contributed by atoms with Crippen LogP contribution in [0, 0.1) is 0 Å². The number of fused-ring (bicyclic) bond motifs is 1. The fourth-order valence-electron chi connectivity index (χ4n) is 2.62. The summed E-state index contributed by atoms with van der Waals surface area (Å²) in [5.41, 5.74) is 3.00. The van der Waals surface area contributed by atoms with Gasteiger partial charge in [-0.1, -0.05) is 0 Å². The molecule has 5 nitrogen and oxygen atoms in total. The fourth-order valence-corrected chi connectivity index (χ4v) is 2.62. The monoisotopic (exact) mass is 305 g/mol. The highest BCUT2D eigenvalue weighted by Gasteiger charge is 2.15. The zero-order valence-electron chi connectivity index (χ0n) is 12.4. The number of furan rings is 1. The second-order valence-corrected chi connectivity index (χ2v) is 5.35. The van der Waals surface area contributed by atoms with Crippen molar-refractivity contribution < 1.29 is 9.52 Å². The molecule has 0 amide bonds. The van der Waals surface area contributed by atoms with E-state index in [0.717, 1.165) is 28.6 Å². The van der Waals surface area contributed by atoms with Gasteiger partial charge in [-0.2, -0.15) is 0 Å². The molecule has 1 aliphatic heterocycles. The molecule has 0 radical (unpaired) electrons. The second kappa shape index (κ2) is 5.61. The summed E-state index contributed by atoms with van der Waals surface area (Å²) in [4.78, 5) is 9.04. The molecule has 3 aromatic rings. The number of imidazole rings is 1. The maximum atomic E-state index is 9.43. The summed E-state index contributed by atoms with van der Waals surface area (Å²) in [6.07, 6.45) is 7.46. The maximum absolute atomic E-state index is 9.43. The molecule has 0 saturated heterocycles. The summed E-state index contributed by atoms with van der Waals surface area (Å²) in [6, 6.07) is 10.9. The molecule has 1 aliphatic rings. The normalized spacial score (nSPS) is 15.0. The molecule has 0 atom stereocenters. The lowest BCUT2D eigenvalue weighted by Crippen LogP contribution is -2.15. The van der Waals surface area contributed by atoms with Crippen LogP contribution in [0.2, 0.25) is 0 Å². The number of benzene rings is 1. The second-order valence-electron chi connectivity index (χ2n) is 5.35. The first kappa shape index (κ1) is 13.6. The molecule has 0 spiro atoms. The van der Waals surface area contributed by atoms with Crippen molar-refractivity contribution in [3.8, 4) is 17.0 Å². The van der Waals surface area contributed by atoms with E-state index in [1.54, 1.807) is 18.4 Å². The largest absolute Gasteiger partial charge is 0.508 e. The highest BCUT2D eigenvalue weighted by Crippen LogP contribution is 2.25. The average Bonchev–Trinajstić information content (AvgIpc) is 3.23. The summed E-state index contributed by atoms with van der Waals surface area (Å²) >= 11 is 0. The Balaban J connectivity index is 1.62. The molecule has 114 valence electrons. The van der Waals surface area contributed by atoms with E-state index in [9.17, 15) is 5.11 Å². The van der Waals surface area contributed by atoms with Crippen molar-refractivity contribution in [3.63, 3.8) is 0 Å². The van der Waals surface area contributed by atoms with Crippen LogP contribution in [0.1, 0.15) is 11.6 Å². The molecule has 4 rings (SSSR count). The first-order chi connectivity index (χ1) is 11.3. The maximum Gasteiger partial charge on any atom is 0.133 e. The van der Waals surface area contributed by atoms with Crippen LogP contribution < -0.4 is 0 Å². The lowest BCUT2D eigenvalue weighted by atomic mass is 10.1. The fraction of sp³-hybridized carbons (Fsp3) is 0.111. The van der Waals surface area contributed by atoms with Gasteiger partial charge >= 0.3 is 0 Å². The lowest BCUT2D eigenvalue weighted by molar-refractivity contribution is 0.475. The van der Waals surface area contributed by atoms with Gasteiger partial charge in [-0.05, 0) is 48.6 Å². The minimum atomic E-state index is 0.257. The summed E-state index contributed by atoms with van der Waals surface area (Å²) in [5.74, 6) is 2.01. The van der Waals surface area contributed by atoms with Crippen molar-refractivity contribution in [2.45, 2.75) is 13.1 Å². The van der Waals surface area contributed by atoms with E-state index in [-0.39, 0.29) is 5.75 Å². The Morgan fingerprint density at radius 3 is 2.83 bits per heavy atom. The smallest absolute Gasteiger partial charge is 0.133 e. The van der Waals surface area contributed by atoms with Crippen molar-refractivity contribution in [1.82, 2.24) is 9.55 Å². The summed E-state index contributed by atoms with van der Waals surface area (Å²) in [7, 11) is 0. The molecular weight excluding hydrogens is 290 g/mol. The molecule has 5 heteroatoms. The van der Waals surface area contributed by atoms with Crippen LogP contribution in [0.3, 0.4) is 0 Å². The van der Waals surface area contributed by atoms with Gasteiger partial charge in [-0.3, -0.25) is 4.99 Å². The van der Waals surface area contributed by atoms with E-state index >= 15 is 0 Å². The summed E-state index contributed by atoms with van der Waals surface area (Å²) in [6.45, 7) is 1.20. The molecule has 1 aromatic carbocycles. The molecule has 0 bridgehead atoms. The van der Waals surface area contributed by atoms with Crippen LogP contribution in [-0.4, -0.2) is 20.4 Å². The minimum Gasteiger partial charge on any atom is -0.508 e. The molecule has 2 aromatic heterocycles. The lowest BCUT2D eigenvalue weighted by Gasteiger charge is -2.14. The van der Waals surface area contributed by atoms with Crippen LogP contribution in [0.4, 0.5) is 0 Å². The topological polar surface area (TPSA) is 63.6 Å². The van der Waals surface area contributed by atoms with Gasteiger partial charge in [0.1, 0.15) is 17.3 Å². The van der Waals surface area contributed by atoms with E-state index < -0.39 is 0 Å². The Morgan fingerprint density at radius 2 is 2.04 bits per heavy atom. The third-order valence-corrected chi connectivity index (χ3v) is 3.81. The Labute approximate surface area is 133 Å². The predicted molar refractivity (Wildman–Crippen MR) is 88.2 cm³/mol. The van der Waals surface area contributed by atoms with Gasteiger partial charge in [0.15, 0.2) is 0 Å². The molecule has 0 aliphatic carbocycles.